The Morgan fingerprint density at radius 2 is 1.06 bits per heavy atom. The van der Waals surface area contributed by atoms with Gasteiger partial charge in [-0.3, -0.25) is 0 Å². The van der Waals surface area contributed by atoms with Crippen LogP contribution in [0.15, 0.2) is 0 Å². The number of hydrogen-bond acceptors (Lipinski definition) is 3. The fourth-order valence-electron chi connectivity index (χ4n) is 2.06. The van der Waals surface area contributed by atoms with Crippen LogP contribution < -0.4 is 0 Å². The molecule has 0 fully saturated rings. The zero-order valence-electron chi connectivity index (χ0n) is 11.2. The molecule has 1 heterocycles. The van der Waals surface area contributed by atoms with E-state index in [-0.39, 0.29) is 0 Å². The Labute approximate surface area is 103 Å². The van der Waals surface area contributed by atoms with E-state index in [4.69, 9.17) is 9.96 Å². The molecule has 4 nitrogen and oxygen atoms in total. The number of aromatic nitrogens is 1. The summed E-state index contributed by atoms with van der Waals surface area (Å²) in [4.78, 5) is 0. The zero-order valence-corrected chi connectivity index (χ0v) is 12.7. The second kappa shape index (κ2) is 5.02. The Morgan fingerprint density at radius 3 is 1.31 bits per heavy atom. The molecule has 0 spiro atoms. The molecule has 0 amide bonds. The van der Waals surface area contributed by atoms with Gasteiger partial charge in [-0.25, -0.2) is 0 Å². The molecule has 1 aromatic heterocycles. The van der Waals surface area contributed by atoms with Crippen LogP contribution in [-0.4, -0.2) is 24.4 Å². The second-order valence-corrected chi connectivity index (χ2v) is 8.14. The molecule has 1 aromatic rings. The maximum atomic E-state index is 5.56. The van der Waals surface area contributed by atoms with E-state index in [1.807, 2.05) is 0 Å². The minimum absolute atomic E-state index is 1.17. The monoisotopic (exact) mass is 263 g/mol. The van der Waals surface area contributed by atoms with Crippen molar-refractivity contribution in [2.45, 2.75) is 27.7 Å². The normalized spacial score (nSPS) is 12.2. The SMILES string of the molecule is C[O][Ti]([O]C)([O]C)[n]1c(C)c(C)c(C)c1C. The van der Waals surface area contributed by atoms with Crippen LogP contribution in [0, 0.1) is 27.7 Å². The summed E-state index contributed by atoms with van der Waals surface area (Å²) in [6.45, 7) is 8.38. The van der Waals surface area contributed by atoms with Gasteiger partial charge in [0.1, 0.15) is 0 Å². The van der Waals surface area contributed by atoms with Crippen LogP contribution in [-0.2, 0) is 28.0 Å². The van der Waals surface area contributed by atoms with Crippen LogP contribution >= 0.6 is 0 Å². The van der Waals surface area contributed by atoms with Crippen LogP contribution in [0.1, 0.15) is 22.5 Å². The molecule has 0 unspecified atom stereocenters. The summed E-state index contributed by atoms with van der Waals surface area (Å²) in [6.07, 6.45) is 0. The van der Waals surface area contributed by atoms with E-state index in [9.17, 15) is 0 Å². The van der Waals surface area contributed by atoms with Gasteiger partial charge < -0.3 is 0 Å². The number of hydrogen-bond donors (Lipinski definition) is 0. The topological polar surface area (TPSA) is 32.6 Å². The molecule has 0 saturated heterocycles. The van der Waals surface area contributed by atoms with Crippen molar-refractivity contribution in [3.63, 3.8) is 0 Å². The van der Waals surface area contributed by atoms with Gasteiger partial charge in [-0.1, -0.05) is 0 Å². The molecule has 16 heavy (non-hydrogen) atoms. The molecular formula is C11H21NO3Ti. The van der Waals surface area contributed by atoms with Gasteiger partial charge in [-0.15, -0.1) is 0 Å². The van der Waals surface area contributed by atoms with Gasteiger partial charge >= 0.3 is 103 Å². The van der Waals surface area contributed by atoms with E-state index in [2.05, 4.69) is 30.7 Å². The third kappa shape index (κ3) is 1.89. The van der Waals surface area contributed by atoms with E-state index in [1.54, 1.807) is 21.3 Å². The Bertz CT molecular complexity index is 349. The zero-order chi connectivity index (χ0) is 12.5. The summed E-state index contributed by atoms with van der Waals surface area (Å²) in [6, 6.07) is 0. The molecule has 0 aliphatic carbocycles. The van der Waals surface area contributed by atoms with Crippen molar-refractivity contribution in [2.75, 3.05) is 21.3 Å². The second-order valence-electron chi connectivity index (χ2n) is 3.89. The molecule has 0 saturated carbocycles. The van der Waals surface area contributed by atoms with E-state index >= 15 is 0 Å². The van der Waals surface area contributed by atoms with E-state index in [0.29, 0.717) is 0 Å². The standard InChI is InChI=1S/C8H12N.3CH3O.Ti/c1-5-6(2)8(4)9-7(5)3;3*1-2;/h1-4H3;3*1H3;/q4*-1;+4. The van der Waals surface area contributed by atoms with Gasteiger partial charge in [-0.2, -0.15) is 0 Å². The van der Waals surface area contributed by atoms with Crippen LogP contribution in [0.2, 0.25) is 0 Å². The Balaban J connectivity index is 3.47. The summed E-state index contributed by atoms with van der Waals surface area (Å²) in [7, 11) is 4.95. The first-order chi connectivity index (χ1) is 7.45. The molecular weight excluding hydrogens is 242 g/mol. The molecule has 0 aromatic carbocycles. The molecule has 92 valence electrons. The van der Waals surface area contributed by atoms with Gasteiger partial charge in [0.25, 0.3) is 0 Å². The molecule has 0 aliphatic rings. The van der Waals surface area contributed by atoms with E-state index in [0.717, 1.165) is 0 Å². The van der Waals surface area contributed by atoms with Crippen LogP contribution in [0.5, 0.6) is 0 Å². The predicted molar refractivity (Wildman–Crippen MR) is 59.8 cm³/mol. The van der Waals surface area contributed by atoms with Crippen LogP contribution in [0.4, 0.5) is 0 Å². The minimum atomic E-state index is -3.34. The Hall–Kier alpha value is -0.126. The summed E-state index contributed by atoms with van der Waals surface area (Å²) < 4.78 is 18.8. The van der Waals surface area contributed by atoms with Crippen molar-refractivity contribution < 1.29 is 28.0 Å². The van der Waals surface area contributed by atoms with Gasteiger partial charge in [0.15, 0.2) is 0 Å². The third-order valence-corrected chi connectivity index (χ3v) is 7.69. The molecule has 0 atom stereocenters. The van der Waals surface area contributed by atoms with Crippen molar-refractivity contribution in [1.82, 2.24) is 3.05 Å². The fourth-order valence-corrected chi connectivity index (χ4v) is 5.51. The van der Waals surface area contributed by atoms with Gasteiger partial charge in [0, 0.05) is 0 Å². The number of rotatable bonds is 4. The summed E-state index contributed by atoms with van der Waals surface area (Å²) in [5, 5.41) is 0. The third-order valence-electron chi connectivity index (χ3n) is 3.37. The van der Waals surface area contributed by atoms with Gasteiger partial charge in [-0.05, 0) is 0 Å². The van der Waals surface area contributed by atoms with Crippen molar-refractivity contribution in [3.8, 4) is 0 Å². The van der Waals surface area contributed by atoms with E-state index < -0.39 is 18.0 Å². The predicted octanol–water partition coefficient (Wildman–Crippen LogP) is 2.32. The molecule has 0 radical (unpaired) electrons. The first kappa shape index (κ1) is 13.9. The summed E-state index contributed by atoms with van der Waals surface area (Å²) in [5.41, 5.74) is 4.89. The maximum absolute atomic E-state index is 5.56. The summed E-state index contributed by atoms with van der Waals surface area (Å²) >= 11 is -3.34. The van der Waals surface area contributed by atoms with Crippen molar-refractivity contribution in [1.29, 1.82) is 0 Å². The first-order valence-electron chi connectivity index (χ1n) is 5.26. The molecule has 0 bridgehead atoms. The Morgan fingerprint density at radius 1 is 0.750 bits per heavy atom. The van der Waals surface area contributed by atoms with Crippen LogP contribution in [0.3, 0.4) is 0 Å². The quantitative estimate of drug-likeness (QED) is 0.781. The Kier molecular flexibility index (Phi) is 4.38. The van der Waals surface area contributed by atoms with Gasteiger partial charge in [0.2, 0.25) is 0 Å². The van der Waals surface area contributed by atoms with Crippen molar-refractivity contribution in [3.05, 3.63) is 22.5 Å². The van der Waals surface area contributed by atoms with Crippen molar-refractivity contribution >= 4 is 0 Å². The fraction of sp³-hybridized carbons (Fsp3) is 0.636. The molecule has 5 heteroatoms. The molecule has 0 aliphatic heterocycles. The molecule has 0 N–H and O–H groups in total. The average Bonchev–Trinajstić information content (AvgIpc) is 2.49. The first-order valence-corrected chi connectivity index (χ1v) is 7.87. The van der Waals surface area contributed by atoms with Gasteiger partial charge in [0.05, 0.1) is 0 Å². The van der Waals surface area contributed by atoms with E-state index in [1.165, 1.54) is 22.5 Å². The van der Waals surface area contributed by atoms with Crippen molar-refractivity contribution in [2.24, 2.45) is 0 Å². The number of nitrogens with zero attached hydrogens (tertiary/aromatic N) is 1. The molecule has 1 rings (SSSR count). The summed E-state index contributed by atoms with van der Waals surface area (Å²) in [5.74, 6) is 0. The van der Waals surface area contributed by atoms with Crippen LogP contribution in [0.25, 0.3) is 0 Å². The average molecular weight is 263 g/mol.